The van der Waals surface area contributed by atoms with Crippen molar-refractivity contribution in [3.63, 3.8) is 0 Å². The van der Waals surface area contributed by atoms with Gasteiger partial charge in [-0.3, -0.25) is 0 Å². The summed E-state index contributed by atoms with van der Waals surface area (Å²) in [5.74, 6) is 2.23. The molecule has 1 aromatic heterocycles. The Morgan fingerprint density at radius 3 is 2.80 bits per heavy atom. The van der Waals surface area contributed by atoms with Crippen molar-refractivity contribution in [3.8, 4) is 17.1 Å². The molecule has 0 bridgehead atoms. The van der Waals surface area contributed by atoms with Gasteiger partial charge in [0.15, 0.2) is 0 Å². The summed E-state index contributed by atoms with van der Waals surface area (Å²) in [6.45, 7) is 4.96. The lowest BCUT2D eigenvalue weighted by atomic mass is 9.94. The van der Waals surface area contributed by atoms with Crippen molar-refractivity contribution in [1.82, 2.24) is 10.1 Å². The van der Waals surface area contributed by atoms with Crippen LogP contribution in [0, 0.1) is 11.8 Å². The molecule has 0 aliphatic carbocycles. The van der Waals surface area contributed by atoms with Crippen molar-refractivity contribution < 1.29 is 9.63 Å². The highest BCUT2D eigenvalue weighted by Crippen LogP contribution is 2.22. The van der Waals surface area contributed by atoms with Crippen LogP contribution in [0.4, 0.5) is 0 Å². The van der Waals surface area contributed by atoms with Crippen molar-refractivity contribution in [1.29, 1.82) is 0 Å². The second-order valence-electron chi connectivity index (χ2n) is 5.50. The summed E-state index contributed by atoms with van der Waals surface area (Å²) >= 11 is 0. The molecule has 0 fully saturated rings. The molecule has 108 valence electrons. The van der Waals surface area contributed by atoms with E-state index in [4.69, 9.17) is 10.3 Å². The van der Waals surface area contributed by atoms with Gasteiger partial charge in [0.05, 0.1) is 0 Å². The third kappa shape index (κ3) is 3.81. The van der Waals surface area contributed by atoms with Gasteiger partial charge < -0.3 is 15.4 Å². The molecule has 0 aliphatic rings. The number of aromatic nitrogens is 2. The number of phenols is 1. The lowest BCUT2D eigenvalue weighted by molar-refractivity contribution is 0.332. The van der Waals surface area contributed by atoms with Crippen LogP contribution >= 0.6 is 0 Å². The first-order chi connectivity index (χ1) is 9.58. The molecule has 1 atom stereocenters. The Bertz CT molecular complexity index is 552. The van der Waals surface area contributed by atoms with Crippen molar-refractivity contribution >= 4 is 0 Å². The van der Waals surface area contributed by atoms with Gasteiger partial charge >= 0.3 is 0 Å². The molecule has 2 aromatic rings. The number of benzene rings is 1. The Balaban J connectivity index is 2.09. The van der Waals surface area contributed by atoms with E-state index in [0.29, 0.717) is 36.5 Å². The SMILES string of the molecule is CC(C)C[C@H](CN)Cc1nc(-c2cccc(O)c2)no1. The molecule has 0 aliphatic heterocycles. The van der Waals surface area contributed by atoms with E-state index in [9.17, 15) is 5.11 Å². The molecule has 0 saturated heterocycles. The van der Waals surface area contributed by atoms with Crippen molar-refractivity contribution in [2.75, 3.05) is 6.54 Å². The second kappa shape index (κ2) is 6.52. The molecular formula is C15H21N3O2. The summed E-state index contributed by atoms with van der Waals surface area (Å²) in [6.07, 6.45) is 1.74. The van der Waals surface area contributed by atoms with E-state index >= 15 is 0 Å². The van der Waals surface area contributed by atoms with E-state index < -0.39 is 0 Å². The van der Waals surface area contributed by atoms with Gasteiger partial charge in [-0.2, -0.15) is 4.98 Å². The number of nitrogens with two attached hydrogens (primary N) is 1. The Labute approximate surface area is 118 Å². The highest BCUT2D eigenvalue weighted by molar-refractivity contribution is 5.56. The molecule has 1 heterocycles. The largest absolute Gasteiger partial charge is 0.508 e. The average molecular weight is 275 g/mol. The summed E-state index contributed by atoms with van der Waals surface area (Å²) in [5, 5.41) is 13.4. The van der Waals surface area contributed by atoms with Crippen LogP contribution in [0.25, 0.3) is 11.4 Å². The first-order valence-corrected chi connectivity index (χ1v) is 6.90. The molecular weight excluding hydrogens is 254 g/mol. The molecule has 5 heteroatoms. The zero-order chi connectivity index (χ0) is 14.5. The minimum Gasteiger partial charge on any atom is -0.508 e. The smallest absolute Gasteiger partial charge is 0.227 e. The van der Waals surface area contributed by atoms with Crippen LogP contribution in [0.2, 0.25) is 0 Å². The van der Waals surface area contributed by atoms with E-state index in [1.54, 1.807) is 18.2 Å². The molecule has 3 N–H and O–H groups in total. The molecule has 20 heavy (non-hydrogen) atoms. The van der Waals surface area contributed by atoms with Crippen LogP contribution in [0.5, 0.6) is 5.75 Å². The Kier molecular flexibility index (Phi) is 4.74. The van der Waals surface area contributed by atoms with Gasteiger partial charge in [-0.25, -0.2) is 0 Å². The normalized spacial score (nSPS) is 12.8. The lowest BCUT2D eigenvalue weighted by Gasteiger charge is -2.14. The van der Waals surface area contributed by atoms with Gasteiger partial charge in [-0.1, -0.05) is 31.1 Å². The van der Waals surface area contributed by atoms with Crippen LogP contribution in [0.1, 0.15) is 26.2 Å². The number of rotatable bonds is 6. The quantitative estimate of drug-likeness (QED) is 0.846. The predicted octanol–water partition coefficient (Wildman–Crippen LogP) is 2.61. The number of hydrogen-bond acceptors (Lipinski definition) is 5. The maximum atomic E-state index is 9.46. The third-order valence-electron chi connectivity index (χ3n) is 3.17. The molecule has 0 unspecified atom stereocenters. The monoisotopic (exact) mass is 275 g/mol. The van der Waals surface area contributed by atoms with Gasteiger partial charge in [0.1, 0.15) is 5.75 Å². The lowest BCUT2D eigenvalue weighted by Crippen LogP contribution is -2.19. The zero-order valence-electron chi connectivity index (χ0n) is 11.9. The summed E-state index contributed by atoms with van der Waals surface area (Å²) in [7, 11) is 0. The zero-order valence-corrected chi connectivity index (χ0v) is 11.9. The molecule has 5 nitrogen and oxygen atoms in total. The number of hydrogen-bond donors (Lipinski definition) is 2. The molecule has 1 aromatic carbocycles. The van der Waals surface area contributed by atoms with E-state index in [2.05, 4.69) is 24.0 Å². The highest BCUT2D eigenvalue weighted by Gasteiger charge is 2.15. The van der Waals surface area contributed by atoms with Gasteiger partial charge in [0.25, 0.3) is 0 Å². The predicted molar refractivity (Wildman–Crippen MR) is 77.1 cm³/mol. The Morgan fingerprint density at radius 2 is 2.15 bits per heavy atom. The van der Waals surface area contributed by atoms with Crippen LogP contribution in [0.3, 0.4) is 0 Å². The van der Waals surface area contributed by atoms with Crippen molar-refractivity contribution in [2.45, 2.75) is 26.7 Å². The van der Waals surface area contributed by atoms with Gasteiger partial charge in [-0.05, 0) is 36.9 Å². The van der Waals surface area contributed by atoms with E-state index in [-0.39, 0.29) is 5.75 Å². The number of phenolic OH excluding ortho intramolecular Hbond substituents is 1. The molecule has 0 spiro atoms. The Hall–Kier alpha value is -1.88. The van der Waals surface area contributed by atoms with Crippen LogP contribution in [-0.4, -0.2) is 21.8 Å². The van der Waals surface area contributed by atoms with E-state index in [0.717, 1.165) is 12.0 Å². The topological polar surface area (TPSA) is 85.2 Å². The molecule has 0 radical (unpaired) electrons. The van der Waals surface area contributed by atoms with E-state index in [1.165, 1.54) is 0 Å². The third-order valence-corrected chi connectivity index (χ3v) is 3.17. The van der Waals surface area contributed by atoms with Crippen LogP contribution in [0.15, 0.2) is 28.8 Å². The fourth-order valence-corrected chi connectivity index (χ4v) is 2.28. The summed E-state index contributed by atoms with van der Waals surface area (Å²) in [6, 6.07) is 6.81. The second-order valence-corrected chi connectivity index (χ2v) is 5.50. The first-order valence-electron chi connectivity index (χ1n) is 6.90. The van der Waals surface area contributed by atoms with Gasteiger partial charge in [0.2, 0.25) is 11.7 Å². The van der Waals surface area contributed by atoms with Gasteiger partial charge in [0, 0.05) is 12.0 Å². The maximum Gasteiger partial charge on any atom is 0.227 e. The maximum absolute atomic E-state index is 9.46. The van der Waals surface area contributed by atoms with Crippen LogP contribution in [-0.2, 0) is 6.42 Å². The number of nitrogens with zero attached hydrogens (tertiary/aromatic N) is 2. The van der Waals surface area contributed by atoms with Crippen molar-refractivity contribution in [3.05, 3.63) is 30.2 Å². The highest BCUT2D eigenvalue weighted by atomic mass is 16.5. The molecule has 0 amide bonds. The van der Waals surface area contributed by atoms with E-state index in [1.807, 2.05) is 6.07 Å². The molecule has 2 rings (SSSR count). The first kappa shape index (κ1) is 14.5. The van der Waals surface area contributed by atoms with Crippen molar-refractivity contribution in [2.24, 2.45) is 17.6 Å². The average Bonchev–Trinajstić information content (AvgIpc) is 2.86. The summed E-state index contributed by atoms with van der Waals surface area (Å²) in [4.78, 5) is 4.37. The summed E-state index contributed by atoms with van der Waals surface area (Å²) < 4.78 is 5.27. The summed E-state index contributed by atoms with van der Waals surface area (Å²) in [5.41, 5.74) is 6.53. The number of aromatic hydroxyl groups is 1. The molecule has 0 saturated carbocycles. The minimum absolute atomic E-state index is 0.188. The minimum atomic E-state index is 0.188. The standard InChI is InChI=1S/C15H21N3O2/c1-10(2)6-11(9-16)7-14-17-15(18-20-14)12-4-3-5-13(19)8-12/h3-5,8,10-11,19H,6-7,9,16H2,1-2H3/t11-/m0/s1. The fraction of sp³-hybridized carbons (Fsp3) is 0.467. The van der Waals surface area contributed by atoms with Crippen LogP contribution < -0.4 is 5.73 Å². The fourth-order valence-electron chi connectivity index (χ4n) is 2.28. The Morgan fingerprint density at radius 1 is 1.35 bits per heavy atom. The van der Waals surface area contributed by atoms with Gasteiger partial charge in [-0.15, -0.1) is 0 Å².